The third kappa shape index (κ3) is 7.07. The van der Waals surface area contributed by atoms with E-state index in [4.69, 9.17) is 0 Å². The minimum Gasteiger partial charge on any atom is -0.468 e. The topological polar surface area (TPSA) is 76.7 Å². The van der Waals surface area contributed by atoms with Crippen LogP contribution in [0.5, 0.6) is 0 Å². The molecule has 0 aromatic heterocycles. The summed E-state index contributed by atoms with van der Waals surface area (Å²) in [5.41, 5.74) is 0. The van der Waals surface area contributed by atoms with Gasteiger partial charge in [-0.25, -0.2) is 4.79 Å². The number of nitrogens with one attached hydrogen (secondary N) is 2. The molecule has 6 nitrogen and oxygen atoms in total. The number of esters is 1. The molecule has 0 saturated carbocycles. The van der Waals surface area contributed by atoms with E-state index in [1.165, 1.54) is 14.2 Å². The summed E-state index contributed by atoms with van der Waals surface area (Å²) in [7, 11) is 2.61. The molecule has 0 aromatic rings. The molecule has 13 heavy (non-hydrogen) atoms. The average molecular weight is 190 g/mol. The van der Waals surface area contributed by atoms with Crippen molar-refractivity contribution in [1.29, 1.82) is 0 Å². The summed E-state index contributed by atoms with van der Waals surface area (Å²) in [4.78, 5) is 21.1. The molecule has 76 valence electrons. The molecule has 0 aliphatic rings. The SMILES string of the molecule is COC(=O)CNCCNC(=O)OC. The number of hydrogen-bond donors (Lipinski definition) is 2. The molecule has 2 N–H and O–H groups in total. The van der Waals surface area contributed by atoms with Crippen molar-refractivity contribution in [3.05, 3.63) is 0 Å². The Kier molecular flexibility index (Phi) is 6.62. The van der Waals surface area contributed by atoms with Crippen molar-refractivity contribution < 1.29 is 19.1 Å². The van der Waals surface area contributed by atoms with E-state index in [1.807, 2.05) is 0 Å². The first-order valence-corrected chi connectivity index (χ1v) is 3.80. The lowest BCUT2D eigenvalue weighted by Crippen LogP contribution is -2.34. The highest BCUT2D eigenvalue weighted by molar-refractivity contribution is 5.71. The minimum absolute atomic E-state index is 0.138. The average Bonchev–Trinajstić information content (AvgIpc) is 2.16. The van der Waals surface area contributed by atoms with Crippen molar-refractivity contribution in [2.75, 3.05) is 33.9 Å². The molecule has 0 rings (SSSR count). The Labute approximate surface area is 76.6 Å². The molecule has 0 atom stereocenters. The van der Waals surface area contributed by atoms with Crippen LogP contribution in [0.25, 0.3) is 0 Å². The fourth-order valence-corrected chi connectivity index (χ4v) is 0.588. The number of amides is 1. The molecular formula is C7H14N2O4. The van der Waals surface area contributed by atoms with E-state index < -0.39 is 6.09 Å². The van der Waals surface area contributed by atoms with Gasteiger partial charge in [0, 0.05) is 13.1 Å². The molecule has 0 aliphatic carbocycles. The highest BCUT2D eigenvalue weighted by atomic mass is 16.5. The van der Waals surface area contributed by atoms with E-state index in [9.17, 15) is 9.59 Å². The second kappa shape index (κ2) is 7.35. The number of rotatable bonds is 5. The van der Waals surface area contributed by atoms with Crippen LogP contribution in [0, 0.1) is 0 Å². The number of carbonyl (C=O) groups is 2. The van der Waals surface area contributed by atoms with Crippen molar-refractivity contribution in [2.24, 2.45) is 0 Å². The Morgan fingerprint density at radius 2 is 1.85 bits per heavy atom. The predicted molar refractivity (Wildman–Crippen MR) is 45.3 cm³/mol. The fourth-order valence-electron chi connectivity index (χ4n) is 0.588. The van der Waals surface area contributed by atoms with Gasteiger partial charge < -0.3 is 20.1 Å². The Bertz CT molecular complexity index is 154. The normalized spacial score (nSPS) is 9.08. The zero-order valence-corrected chi connectivity index (χ0v) is 7.75. The summed E-state index contributed by atoms with van der Waals surface area (Å²) in [6, 6.07) is 0. The number of ether oxygens (including phenoxy) is 2. The van der Waals surface area contributed by atoms with Gasteiger partial charge in [0.2, 0.25) is 0 Å². The number of carbonyl (C=O) groups excluding carboxylic acids is 2. The number of hydrogen-bond acceptors (Lipinski definition) is 5. The Balaban J connectivity index is 3.17. The molecule has 0 spiro atoms. The third-order valence-electron chi connectivity index (χ3n) is 1.25. The Morgan fingerprint density at radius 3 is 2.38 bits per heavy atom. The Morgan fingerprint density at radius 1 is 1.15 bits per heavy atom. The first-order chi connectivity index (χ1) is 6.20. The summed E-state index contributed by atoms with van der Waals surface area (Å²) in [6.07, 6.45) is -0.486. The maximum atomic E-state index is 10.6. The van der Waals surface area contributed by atoms with Crippen LogP contribution in [0.15, 0.2) is 0 Å². The molecule has 0 saturated heterocycles. The zero-order chi connectivity index (χ0) is 10.1. The van der Waals surface area contributed by atoms with Crippen LogP contribution in [0.2, 0.25) is 0 Å². The largest absolute Gasteiger partial charge is 0.468 e. The van der Waals surface area contributed by atoms with Gasteiger partial charge in [0.05, 0.1) is 20.8 Å². The van der Waals surface area contributed by atoms with E-state index in [2.05, 4.69) is 20.1 Å². The number of alkyl carbamates (subject to hydrolysis) is 1. The molecule has 0 heterocycles. The lowest BCUT2D eigenvalue weighted by Gasteiger charge is -2.04. The smallest absolute Gasteiger partial charge is 0.406 e. The molecule has 0 aliphatic heterocycles. The van der Waals surface area contributed by atoms with Gasteiger partial charge in [-0.15, -0.1) is 0 Å². The van der Waals surface area contributed by atoms with Gasteiger partial charge in [-0.1, -0.05) is 0 Å². The van der Waals surface area contributed by atoms with E-state index in [0.717, 1.165) is 0 Å². The second-order valence-corrected chi connectivity index (χ2v) is 2.17. The minimum atomic E-state index is -0.486. The molecule has 0 fully saturated rings. The van der Waals surface area contributed by atoms with Crippen LogP contribution in [-0.2, 0) is 14.3 Å². The first kappa shape index (κ1) is 11.7. The summed E-state index contributed by atoms with van der Waals surface area (Å²) in [5.74, 6) is -0.335. The van der Waals surface area contributed by atoms with Gasteiger partial charge in [-0.3, -0.25) is 4.79 Å². The van der Waals surface area contributed by atoms with Crippen LogP contribution in [0.3, 0.4) is 0 Å². The van der Waals surface area contributed by atoms with Crippen LogP contribution < -0.4 is 10.6 Å². The van der Waals surface area contributed by atoms with E-state index in [0.29, 0.717) is 13.1 Å². The standard InChI is InChI=1S/C7H14N2O4/c1-12-6(10)5-8-3-4-9-7(11)13-2/h8H,3-5H2,1-2H3,(H,9,11). The molecule has 0 unspecified atom stereocenters. The third-order valence-corrected chi connectivity index (χ3v) is 1.25. The highest BCUT2D eigenvalue weighted by Crippen LogP contribution is 1.71. The van der Waals surface area contributed by atoms with Crippen LogP contribution in [-0.4, -0.2) is 45.9 Å². The lowest BCUT2D eigenvalue weighted by atomic mass is 10.5. The van der Waals surface area contributed by atoms with Crippen molar-refractivity contribution in [2.45, 2.75) is 0 Å². The highest BCUT2D eigenvalue weighted by Gasteiger charge is 1.99. The van der Waals surface area contributed by atoms with Crippen molar-refractivity contribution in [1.82, 2.24) is 10.6 Å². The lowest BCUT2D eigenvalue weighted by molar-refractivity contribution is -0.139. The van der Waals surface area contributed by atoms with Gasteiger partial charge in [0.1, 0.15) is 0 Å². The molecule has 0 radical (unpaired) electrons. The van der Waals surface area contributed by atoms with Crippen LogP contribution >= 0.6 is 0 Å². The van der Waals surface area contributed by atoms with Gasteiger partial charge in [0.15, 0.2) is 0 Å². The van der Waals surface area contributed by atoms with Crippen LogP contribution in [0.1, 0.15) is 0 Å². The second-order valence-electron chi connectivity index (χ2n) is 2.17. The van der Waals surface area contributed by atoms with E-state index >= 15 is 0 Å². The molecule has 6 heteroatoms. The van der Waals surface area contributed by atoms with Crippen molar-refractivity contribution in [3.8, 4) is 0 Å². The summed E-state index contributed by atoms with van der Waals surface area (Å²) in [6.45, 7) is 1.03. The summed E-state index contributed by atoms with van der Waals surface area (Å²) >= 11 is 0. The first-order valence-electron chi connectivity index (χ1n) is 3.80. The zero-order valence-electron chi connectivity index (χ0n) is 7.75. The maximum absolute atomic E-state index is 10.6. The van der Waals surface area contributed by atoms with Crippen LogP contribution in [0.4, 0.5) is 4.79 Å². The van der Waals surface area contributed by atoms with E-state index in [-0.39, 0.29) is 12.5 Å². The predicted octanol–water partition coefficient (Wildman–Crippen LogP) is -0.895. The molecule has 1 amide bonds. The van der Waals surface area contributed by atoms with Gasteiger partial charge in [-0.2, -0.15) is 0 Å². The van der Waals surface area contributed by atoms with Crippen molar-refractivity contribution in [3.63, 3.8) is 0 Å². The molecule has 0 aromatic carbocycles. The molecular weight excluding hydrogens is 176 g/mol. The molecule has 0 bridgehead atoms. The van der Waals surface area contributed by atoms with E-state index in [1.54, 1.807) is 0 Å². The summed E-state index contributed by atoms with van der Waals surface area (Å²) in [5, 5.41) is 5.22. The van der Waals surface area contributed by atoms with Gasteiger partial charge in [0.25, 0.3) is 0 Å². The fraction of sp³-hybridized carbons (Fsp3) is 0.714. The van der Waals surface area contributed by atoms with Crippen molar-refractivity contribution >= 4 is 12.1 Å². The maximum Gasteiger partial charge on any atom is 0.406 e. The monoisotopic (exact) mass is 190 g/mol. The quantitative estimate of drug-likeness (QED) is 0.434. The number of methoxy groups -OCH3 is 2. The van der Waals surface area contributed by atoms with Gasteiger partial charge in [-0.05, 0) is 0 Å². The van der Waals surface area contributed by atoms with Gasteiger partial charge >= 0.3 is 12.1 Å². The Hall–Kier alpha value is -1.30. The summed E-state index contributed by atoms with van der Waals surface area (Å²) < 4.78 is 8.72.